The predicted octanol–water partition coefficient (Wildman–Crippen LogP) is 2.38. The fourth-order valence-electron chi connectivity index (χ4n) is 1.96. The Morgan fingerprint density at radius 2 is 2.10 bits per heavy atom. The van der Waals surface area contributed by atoms with Gasteiger partial charge < -0.3 is 10.5 Å². The Kier molecular flexibility index (Phi) is 3.88. The monoisotopic (exact) mass is 276 g/mol. The molecule has 7 nitrogen and oxygen atoms in total. The average Bonchev–Trinajstić information content (AvgIpc) is 2.81. The van der Waals surface area contributed by atoms with Crippen molar-refractivity contribution in [3.05, 3.63) is 46.1 Å². The van der Waals surface area contributed by atoms with Crippen molar-refractivity contribution in [1.29, 1.82) is 0 Å². The maximum absolute atomic E-state index is 10.8. The van der Waals surface area contributed by atoms with Gasteiger partial charge in [-0.3, -0.25) is 10.1 Å². The number of ether oxygens (including phenoxy) is 1. The van der Waals surface area contributed by atoms with Gasteiger partial charge in [-0.05, 0) is 31.5 Å². The number of nitrogens with two attached hydrogens (primary N) is 1. The van der Waals surface area contributed by atoms with Crippen molar-refractivity contribution in [2.45, 2.75) is 19.9 Å². The van der Waals surface area contributed by atoms with Gasteiger partial charge in [0.1, 0.15) is 11.9 Å². The van der Waals surface area contributed by atoms with E-state index in [0.717, 1.165) is 11.3 Å². The van der Waals surface area contributed by atoms with Gasteiger partial charge in [-0.1, -0.05) is 12.1 Å². The Labute approximate surface area is 116 Å². The van der Waals surface area contributed by atoms with Crippen LogP contribution in [-0.4, -0.2) is 21.3 Å². The van der Waals surface area contributed by atoms with E-state index in [1.54, 1.807) is 0 Å². The molecule has 0 saturated heterocycles. The smallest absolute Gasteiger partial charge is 0.330 e. The summed E-state index contributed by atoms with van der Waals surface area (Å²) in [5.41, 5.74) is 6.52. The molecule has 0 saturated carbocycles. The summed E-state index contributed by atoms with van der Waals surface area (Å²) < 4.78 is 6.81. The lowest BCUT2D eigenvalue weighted by molar-refractivity contribution is -0.384. The minimum atomic E-state index is -0.538. The van der Waals surface area contributed by atoms with Gasteiger partial charge in [-0.2, -0.15) is 5.10 Å². The number of rotatable bonds is 5. The average molecular weight is 276 g/mol. The fourth-order valence-corrected chi connectivity index (χ4v) is 1.96. The molecule has 1 aromatic heterocycles. The second-order valence-corrected chi connectivity index (χ2v) is 4.29. The van der Waals surface area contributed by atoms with Crippen LogP contribution in [0.4, 0.5) is 11.5 Å². The van der Waals surface area contributed by atoms with Crippen molar-refractivity contribution in [1.82, 2.24) is 9.78 Å². The van der Waals surface area contributed by atoms with Gasteiger partial charge in [-0.15, -0.1) is 0 Å². The van der Waals surface area contributed by atoms with Crippen molar-refractivity contribution in [3.8, 4) is 5.75 Å². The predicted molar refractivity (Wildman–Crippen MR) is 74.7 cm³/mol. The van der Waals surface area contributed by atoms with Crippen LogP contribution in [-0.2, 0) is 0 Å². The third-order valence-electron chi connectivity index (χ3n) is 3.05. The Hall–Kier alpha value is -2.57. The second-order valence-electron chi connectivity index (χ2n) is 4.29. The highest BCUT2D eigenvalue weighted by Crippen LogP contribution is 2.27. The van der Waals surface area contributed by atoms with Crippen molar-refractivity contribution in [3.63, 3.8) is 0 Å². The van der Waals surface area contributed by atoms with Gasteiger partial charge in [0, 0.05) is 0 Å². The number of aromatic nitrogens is 2. The van der Waals surface area contributed by atoms with E-state index in [-0.39, 0.29) is 17.5 Å². The first-order valence-corrected chi connectivity index (χ1v) is 6.24. The number of nitrogen functional groups attached to an aromatic ring is 1. The third-order valence-corrected chi connectivity index (χ3v) is 3.05. The van der Waals surface area contributed by atoms with Crippen LogP contribution in [0.1, 0.15) is 25.5 Å². The van der Waals surface area contributed by atoms with Crippen molar-refractivity contribution in [2.75, 3.05) is 12.3 Å². The SMILES string of the molecule is CCOc1ccc(C(C)n2ncc([N+](=O)[O-])c2N)cc1. The number of anilines is 1. The van der Waals surface area contributed by atoms with E-state index in [1.807, 2.05) is 38.1 Å². The van der Waals surface area contributed by atoms with E-state index >= 15 is 0 Å². The number of nitrogens with zero attached hydrogens (tertiary/aromatic N) is 3. The molecule has 20 heavy (non-hydrogen) atoms. The Morgan fingerprint density at radius 3 is 2.60 bits per heavy atom. The molecule has 2 aromatic rings. The quantitative estimate of drug-likeness (QED) is 0.668. The van der Waals surface area contributed by atoms with Crippen LogP contribution in [0.15, 0.2) is 30.5 Å². The number of nitro groups is 1. The zero-order valence-electron chi connectivity index (χ0n) is 11.3. The summed E-state index contributed by atoms with van der Waals surface area (Å²) in [6.07, 6.45) is 1.17. The highest BCUT2D eigenvalue weighted by Gasteiger charge is 2.21. The third kappa shape index (κ3) is 2.56. The van der Waals surface area contributed by atoms with Crippen molar-refractivity contribution >= 4 is 11.5 Å². The zero-order chi connectivity index (χ0) is 14.7. The normalized spacial score (nSPS) is 12.1. The standard InChI is InChI=1S/C13H16N4O3/c1-3-20-11-6-4-10(5-7-11)9(2)16-13(14)12(8-15-16)17(18)19/h4-9H,3,14H2,1-2H3. The lowest BCUT2D eigenvalue weighted by Gasteiger charge is -2.14. The number of hydrogen-bond donors (Lipinski definition) is 1. The first-order valence-electron chi connectivity index (χ1n) is 6.24. The first kappa shape index (κ1) is 13.9. The second kappa shape index (κ2) is 5.60. The van der Waals surface area contributed by atoms with E-state index in [1.165, 1.54) is 10.9 Å². The lowest BCUT2D eigenvalue weighted by atomic mass is 10.1. The molecular formula is C13H16N4O3. The lowest BCUT2D eigenvalue weighted by Crippen LogP contribution is -2.11. The van der Waals surface area contributed by atoms with Gasteiger partial charge in [0.2, 0.25) is 5.82 Å². The highest BCUT2D eigenvalue weighted by molar-refractivity contribution is 5.52. The molecule has 1 heterocycles. The zero-order valence-corrected chi connectivity index (χ0v) is 11.3. The van der Waals surface area contributed by atoms with Gasteiger partial charge >= 0.3 is 5.69 Å². The summed E-state index contributed by atoms with van der Waals surface area (Å²) in [5, 5.41) is 14.8. The minimum Gasteiger partial charge on any atom is -0.494 e. The molecule has 0 radical (unpaired) electrons. The number of benzene rings is 1. The summed E-state index contributed by atoms with van der Waals surface area (Å²) in [5.74, 6) is 0.833. The Balaban J connectivity index is 2.26. The molecule has 0 aliphatic heterocycles. The maximum Gasteiger partial charge on any atom is 0.330 e. The summed E-state index contributed by atoms with van der Waals surface area (Å²) >= 11 is 0. The van der Waals surface area contributed by atoms with E-state index < -0.39 is 4.92 Å². The Morgan fingerprint density at radius 1 is 1.45 bits per heavy atom. The molecule has 1 unspecified atom stereocenters. The maximum atomic E-state index is 10.8. The molecule has 0 bridgehead atoms. The fraction of sp³-hybridized carbons (Fsp3) is 0.308. The first-order chi connectivity index (χ1) is 9.54. The molecule has 1 aromatic carbocycles. The van der Waals surface area contributed by atoms with Gasteiger partial charge in [0.25, 0.3) is 0 Å². The number of hydrogen-bond acceptors (Lipinski definition) is 5. The van der Waals surface area contributed by atoms with Crippen LogP contribution < -0.4 is 10.5 Å². The van der Waals surface area contributed by atoms with E-state index in [4.69, 9.17) is 10.5 Å². The Bertz CT molecular complexity index is 607. The molecule has 1 atom stereocenters. The molecule has 0 aliphatic carbocycles. The summed E-state index contributed by atoms with van der Waals surface area (Å²) in [7, 11) is 0. The molecule has 0 spiro atoms. The van der Waals surface area contributed by atoms with Gasteiger partial charge in [0.05, 0.1) is 17.6 Å². The molecule has 2 rings (SSSR count). The molecule has 0 fully saturated rings. The highest BCUT2D eigenvalue weighted by atomic mass is 16.6. The molecule has 106 valence electrons. The summed E-state index contributed by atoms with van der Waals surface area (Å²) in [6, 6.07) is 7.29. The van der Waals surface area contributed by atoms with Crippen LogP contribution >= 0.6 is 0 Å². The van der Waals surface area contributed by atoms with Gasteiger partial charge in [-0.25, -0.2) is 4.68 Å². The van der Waals surface area contributed by atoms with Crippen molar-refractivity contribution in [2.24, 2.45) is 0 Å². The van der Waals surface area contributed by atoms with E-state index in [2.05, 4.69) is 5.10 Å². The molecule has 2 N–H and O–H groups in total. The molecule has 0 aliphatic rings. The minimum absolute atomic E-state index is 0.0522. The largest absolute Gasteiger partial charge is 0.494 e. The summed E-state index contributed by atoms with van der Waals surface area (Å²) in [4.78, 5) is 10.2. The van der Waals surface area contributed by atoms with E-state index in [0.29, 0.717) is 6.61 Å². The summed E-state index contributed by atoms with van der Waals surface area (Å²) in [6.45, 7) is 4.40. The van der Waals surface area contributed by atoms with Crippen molar-refractivity contribution < 1.29 is 9.66 Å². The van der Waals surface area contributed by atoms with Gasteiger partial charge in [0.15, 0.2) is 0 Å². The van der Waals surface area contributed by atoms with Crippen LogP contribution in [0.3, 0.4) is 0 Å². The topological polar surface area (TPSA) is 96.2 Å². The van der Waals surface area contributed by atoms with Crippen LogP contribution in [0, 0.1) is 10.1 Å². The van der Waals surface area contributed by atoms with Crippen LogP contribution in [0.5, 0.6) is 5.75 Å². The molecule has 7 heteroatoms. The molecular weight excluding hydrogens is 260 g/mol. The van der Waals surface area contributed by atoms with Crippen LogP contribution in [0.25, 0.3) is 0 Å². The van der Waals surface area contributed by atoms with E-state index in [9.17, 15) is 10.1 Å². The van der Waals surface area contributed by atoms with Crippen LogP contribution in [0.2, 0.25) is 0 Å². The molecule has 0 amide bonds.